The maximum absolute atomic E-state index is 9.42. The van der Waals surface area contributed by atoms with Crippen LogP contribution in [0.3, 0.4) is 0 Å². The standard InChI is InChI=1S/C8H19NO2/c1-3-4-8(2,6-10)7(11)5-9/h7,10-11H,3-6,9H2,1-2H3. The monoisotopic (exact) mass is 161 g/mol. The van der Waals surface area contributed by atoms with Gasteiger partial charge in [0.05, 0.1) is 12.7 Å². The van der Waals surface area contributed by atoms with Crippen molar-refractivity contribution in [1.29, 1.82) is 0 Å². The van der Waals surface area contributed by atoms with Crippen LogP contribution in [0.5, 0.6) is 0 Å². The van der Waals surface area contributed by atoms with Gasteiger partial charge in [-0.05, 0) is 6.42 Å². The van der Waals surface area contributed by atoms with Crippen molar-refractivity contribution in [3.05, 3.63) is 0 Å². The molecule has 68 valence electrons. The van der Waals surface area contributed by atoms with Gasteiger partial charge in [-0.15, -0.1) is 0 Å². The summed E-state index contributed by atoms with van der Waals surface area (Å²) in [4.78, 5) is 0. The van der Waals surface area contributed by atoms with Gasteiger partial charge in [0.15, 0.2) is 0 Å². The number of hydrogen-bond acceptors (Lipinski definition) is 3. The fourth-order valence-electron chi connectivity index (χ4n) is 1.21. The van der Waals surface area contributed by atoms with E-state index in [4.69, 9.17) is 10.8 Å². The van der Waals surface area contributed by atoms with E-state index in [1.54, 1.807) is 0 Å². The normalized spacial score (nSPS) is 19.4. The van der Waals surface area contributed by atoms with Gasteiger partial charge in [-0.1, -0.05) is 20.3 Å². The summed E-state index contributed by atoms with van der Waals surface area (Å²) in [6.45, 7) is 4.10. The predicted molar refractivity (Wildman–Crippen MR) is 45.2 cm³/mol. The molecule has 0 saturated carbocycles. The van der Waals surface area contributed by atoms with Crippen LogP contribution in [-0.2, 0) is 0 Å². The minimum absolute atomic E-state index is 0.000787. The molecule has 0 radical (unpaired) electrons. The van der Waals surface area contributed by atoms with E-state index in [0.29, 0.717) is 0 Å². The van der Waals surface area contributed by atoms with E-state index >= 15 is 0 Å². The van der Waals surface area contributed by atoms with Gasteiger partial charge in [0.2, 0.25) is 0 Å². The van der Waals surface area contributed by atoms with E-state index in [1.807, 2.05) is 13.8 Å². The number of aliphatic hydroxyl groups is 2. The summed E-state index contributed by atoms with van der Waals surface area (Å²) in [6.07, 6.45) is 1.17. The summed E-state index contributed by atoms with van der Waals surface area (Å²) in [7, 11) is 0. The lowest BCUT2D eigenvalue weighted by Crippen LogP contribution is -2.40. The van der Waals surface area contributed by atoms with Crippen molar-refractivity contribution in [2.45, 2.75) is 32.8 Å². The fraction of sp³-hybridized carbons (Fsp3) is 1.00. The van der Waals surface area contributed by atoms with Gasteiger partial charge in [0.25, 0.3) is 0 Å². The Morgan fingerprint density at radius 1 is 1.55 bits per heavy atom. The van der Waals surface area contributed by atoms with Crippen molar-refractivity contribution in [3.8, 4) is 0 Å². The lowest BCUT2D eigenvalue weighted by atomic mass is 9.81. The second-order valence-corrected chi connectivity index (χ2v) is 3.31. The van der Waals surface area contributed by atoms with Crippen LogP contribution in [0, 0.1) is 5.41 Å². The van der Waals surface area contributed by atoms with Crippen molar-refractivity contribution < 1.29 is 10.2 Å². The van der Waals surface area contributed by atoms with Crippen molar-refractivity contribution in [3.63, 3.8) is 0 Å². The second kappa shape index (κ2) is 4.70. The largest absolute Gasteiger partial charge is 0.396 e. The van der Waals surface area contributed by atoms with E-state index in [0.717, 1.165) is 12.8 Å². The van der Waals surface area contributed by atoms with Gasteiger partial charge in [-0.25, -0.2) is 0 Å². The summed E-state index contributed by atoms with van der Waals surface area (Å²) in [5, 5.41) is 18.4. The average Bonchev–Trinajstić information content (AvgIpc) is 2.03. The average molecular weight is 161 g/mol. The molecule has 0 aromatic heterocycles. The molecule has 2 unspecified atom stereocenters. The van der Waals surface area contributed by atoms with E-state index in [1.165, 1.54) is 0 Å². The first-order valence-electron chi connectivity index (χ1n) is 4.09. The fourth-order valence-corrected chi connectivity index (χ4v) is 1.21. The summed E-state index contributed by atoms with van der Waals surface area (Å²) in [5.41, 5.74) is 4.89. The van der Waals surface area contributed by atoms with E-state index in [2.05, 4.69) is 0 Å². The molecule has 0 aliphatic rings. The van der Waals surface area contributed by atoms with Crippen LogP contribution >= 0.6 is 0 Å². The summed E-state index contributed by atoms with van der Waals surface area (Å²) in [5.74, 6) is 0. The molecule has 0 heterocycles. The smallest absolute Gasteiger partial charge is 0.0737 e. The molecule has 0 spiro atoms. The minimum Gasteiger partial charge on any atom is -0.396 e. The zero-order valence-electron chi connectivity index (χ0n) is 7.38. The third-order valence-corrected chi connectivity index (χ3v) is 2.21. The Bertz CT molecular complexity index is 108. The van der Waals surface area contributed by atoms with Crippen LogP contribution in [0.4, 0.5) is 0 Å². The highest BCUT2D eigenvalue weighted by molar-refractivity contribution is 4.81. The molecule has 0 aliphatic heterocycles. The number of aliphatic hydroxyl groups excluding tert-OH is 2. The second-order valence-electron chi connectivity index (χ2n) is 3.31. The molecule has 0 aromatic rings. The molecule has 11 heavy (non-hydrogen) atoms. The highest BCUT2D eigenvalue weighted by Crippen LogP contribution is 2.26. The van der Waals surface area contributed by atoms with Crippen molar-refractivity contribution in [2.24, 2.45) is 11.1 Å². The maximum atomic E-state index is 9.42. The molecule has 0 saturated heterocycles. The quantitative estimate of drug-likeness (QED) is 0.536. The predicted octanol–water partition coefficient (Wildman–Crippen LogP) is 0.105. The van der Waals surface area contributed by atoms with E-state index in [9.17, 15) is 5.11 Å². The zero-order chi connectivity index (χ0) is 8.91. The number of nitrogens with two attached hydrogens (primary N) is 1. The molecular formula is C8H19NO2. The van der Waals surface area contributed by atoms with Crippen LogP contribution in [0.25, 0.3) is 0 Å². The molecular weight excluding hydrogens is 142 g/mol. The Labute approximate surface area is 68.2 Å². The van der Waals surface area contributed by atoms with Gasteiger partial charge in [-0.2, -0.15) is 0 Å². The third-order valence-electron chi connectivity index (χ3n) is 2.21. The minimum atomic E-state index is -0.590. The van der Waals surface area contributed by atoms with Crippen LogP contribution in [-0.4, -0.2) is 29.5 Å². The SMILES string of the molecule is CCCC(C)(CO)C(O)CN. The first-order chi connectivity index (χ1) is 5.10. The zero-order valence-corrected chi connectivity index (χ0v) is 7.38. The van der Waals surface area contributed by atoms with Crippen molar-refractivity contribution in [2.75, 3.05) is 13.2 Å². The number of rotatable bonds is 5. The Balaban J connectivity index is 4.07. The highest BCUT2D eigenvalue weighted by Gasteiger charge is 2.30. The Kier molecular flexibility index (Phi) is 4.65. The van der Waals surface area contributed by atoms with Crippen molar-refractivity contribution in [1.82, 2.24) is 0 Å². The summed E-state index contributed by atoms with van der Waals surface area (Å²) in [6, 6.07) is 0. The van der Waals surface area contributed by atoms with Crippen LogP contribution in [0.1, 0.15) is 26.7 Å². The Morgan fingerprint density at radius 2 is 2.09 bits per heavy atom. The van der Waals surface area contributed by atoms with E-state index < -0.39 is 11.5 Å². The molecule has 0 aliphatic carbocycles. The van der Waals surface area contributed by atoms with Crippen LogP contribution in [0.15, 0.2) is 0 Å². The molecule has 0 aromatic carbocycles. The molecule has 0 bridgehead atoms. The maximum Gasteiger partial charge on any atom is 0.0737 e. The lowest BCUT2D eigenvalue weighted by molar-refractivity contribution is -0.00562. The summed E-state index contributed by atoms with van der Waals surface area (Å²) >= 11 is 0. The lowest BCUT2D eigenvalue weighted by Gasteiger charge is -2.31. The molecule has 2 atom stereocenters. The molecule has 3 heteroatoms. The molecule has 0 amide bonds. The van der Waals surface area contributed by atoms with Gasteiger partial charge < -0.3 is 15.9 Å². The molecule has 4 N–H and O–H groups in total. The van der Waals surface area contributed by atoms with Crippen molar-refractivity contribution >= 4 is 0 Å². The van der Waals surface area contributed by atoms with Gasteiger partial charge in [0, 0.05) is 12.0 Å². The molecule has 0 rings (SSSR count). The van der Waals surface area contributed by atoms with Crippen LogP contribution in [0.2, 0.25) is 0 Å². The van der Waals surface area contributed by atoms with Gasteiger partial charge >= 0.3 is 0 Å². The Hall–Kier alpha value is -0.120. The van der Waals surface area contributed by atoms with Gasteiger partial charge in [-0.3, -0.25) is 0 Å². The molecule has 3 nitrogen and oxygen atoms in total. The summed E-state index contributed by atoms with van der Waals surface area (Å²) < 4.78 is 0. The van der Waals surface area contributed by atoms with Crippen LogP contribution < -0.4 is 5.73 Å². The first kappa shape index (κ1) is 10.9. The topological polar surface area (TPSA) is 66.5 Å². The van der Waals surface area contributed by atoms with E-state index in [-0.39, 0.29) is 13.2 Å². The molecule has 0 fully saturated rings. The Morgan fingerprint density at radius 3 is 2.36 bits per heavy atom. The highest BCUT2D eigenvalue weighted by atomic mass is 16.3. The third kappa shape index (κ3) is 2.77. The van der Waals surface area contributed by atoms with Gasteiger partial charge in [0.1, 0.15) is 0 Å². The number of hydrogen-bond donors (Lipinski definition) is 3. The first-order valence-corrected chi connectivity index (χ1v) is 4.09.